The number of urea groups is 1. The molecule has 1 atom stereocenters. The number of nitrogens with one attached hydrogen (secondary N) is 1. The maximum Gasteiger partial charge on any atom is 0.339 e. The van der Waals surface area contributed by atoms with Crippen LogP contribution in [-0.2, 0) is 0 Å². The number of methoxy groups -OCH3 is 1. The number of hydrogen-bond donors (Lipinski definition) is 2. The molecule has 2 amide bonds. The highest BCUT2D eigenvalue weighted by atomic mass is 16.5. The predicted octanol–water partition coefficient (Wildman–Crippen LogP) is 2.90. The first-order chi connectivity index (χ1) is 9.88. The first kappa shape index (κ1) is 16.8. The van der Waals surface area contributed by atoms with Crippen molar-refractivity contribution >= 4 is 17.7 Å². The number of carbonyl (C=O) groups is 2. The standard InChI is InChI=1S/C15H22N2O4/c1-5-10(2)9-17(3)15(20)16-11-6-7-12(14(18)19)13(8-11)21-4/h6-8,10H,5,9H2,1-4H3,(H,16,20)(H,18,19). The second-order valence-corrected chi connectivity index (χ2v) is 5.04. The van der Waals surface area contributed by atoms with Crippen molar-refractivity contribution in [2.45, 2.75) is 20.3 Å². The van der Waals surface area contributed by atoms with Crippen molar-refractivity contribution in [2.24, 2.45) is 5.92 Å². The Morgan fingerprint density at radius 3 is 2.62 bits per heavy atom. The molecule has 1 aromatic carbocycles. The van der Waals surface area contributed by atoms with Gasteiger partial charge in [0.25, 0.3) is 0 Å². The third kappa shape index (κ3) is 4.66. The molecule has 0 fully saturated rings. The largest absolute Gasteiger partial charge is 0.496 e. The van der Waals surface area contributed by atoms with Crippen LogP contribution in [0, 0.1) is 5.92 Å². The van der Waals surface area contributed by atoms with Gasteiger partial charge in [-0.05, 0) is 18.1 Å². The Labute approximate surface area is 124 Å². The van der Waals surface area contributed by atoms with Crippen molar-refractivity contribution in [3.05, 3.63) is 23.8 Å². The number of nitrogens with zero attached hydrogens (tertiary/aromatic N) is 1. The van der Waals surface area contributed by atoms with Crippen LogP contribution in [0.4, 0.5) is 10.5 Å². The van der Waals surface area contributed by atoms with Gasteiger partial charge in [0.1, 0.15) is 11.3 Å². The molecular weight excluding hydrogens is 272 g/mol. The van der Waals surface area contributed by atoms with E-state index >= 15 is 0 Å². The molecule has 0 aliphatic heterocycles. The molecular formula is C15H22N2O4. The topological polar surface area (TPSA) is 78.9 Å². The number of benzene rings is 1. The molecule has 2 N–H and O–H groups in total. The molecule has 1 rings (SSSR count). The van der Waals surface area contributed by atoms with Crippen LogP contribution in [0.1, 0.15) is 30.6 Å². The Hall–Kier alpha value is -2.24. The molecule has 21 heavy (non-hydrogen) atoms. The normalized spacial score (nSPS) is 11.6. The summed E-state index contributed by atoms with van der Waals surface area (Å²) < 4.78 is 5.03. The Morgan fingerprint density at radius 1 is 1.43 bits per heavy atom. The van der Waals surface area contributed by atoms with Crippen molar-refractivity contribution in [3.8, 4) is 5.75 Å². The quantitative estimate of drug-likeness (QED) is 0.845. The van der Waals surface area contributed by atoms with Crippen LogP contribution < -0.4 is 10.1 Å². The van der Waals surface area contributed by atoms with Crippen molar-refractivity contribution in [2.75, 3.05) is 26.0 Å². The average molecular weight is 294 g/mol. The van der Waals surface area contributed by atoms with E-state index in [4.69, 9.17) is 9.84 Å². The Morgan fingerprint density at radius 2 is 2.10 bits per heavy atom. The smallest absolute Gasteiger partial charge is 0.339 e. The maximum atomic E-state index is 12.0. The van der Waals surface area contributed by atoms with E-state index in [9.17, 15) is 9.59 Å². The van der Waals surface area contributed by atoms with E-state index in [1.165, 1.54) is 19.2 Å². The van der Waals surface area contributed by atoms with Gasteiger partial charge in [-0.3, -0.25) is 0 Å². The molecule has 0 aromatic heterocycles. The maximum absolute atomic E-state index is 12.0. The zero-order valence-electron chi connectivity index (χ0n) is 12.8. The second-order valence-electron chi connectivity index (χ2n) is 5.04. The van der Waals surface area contributed by atoms with Crippen LogP contribution in [0.3, 0.4) is 0 Å². The Kier molecular flexibility index (Phi) is 6.02. The number of ether oxygens (including phenoxy) is 1. The Bertz CT molecular complexity index is 516. The van der Waals surface area contributed by atoms with Gasteiger partial charge in [-0.15, -0.1) is 0 Å². The van der Waals surface area contributed by atoms with Gasteiger partial charge >= 0.3 is 12.0 Å². The van der Waals surface area contributed by atoms with E-state index in [1.807, 2.05) is 0 Å². The first-order valence-electron chi connectivity index (χ1n) is 6.82. The number of rotatable bonds is 6. The second kappa shape index (κ2) is 7.52. The van der Waals surface area contributed by atoms with Crippen LogP contribution in [-0.4, -0.2) is 42.7 Å². The summed E-state index contributed by atoms with van der Waals surface area (Å²) in [6, 6.07) is 4.21. The van der Waals surface area contributed by atoms with Gasteiger partial charge in [-0.1, -0.05) is 20.3 Å². The molecule has 0 spiro atoms. The fraction of sp³-hybridized carbons (Fsp3) is 0.467. The molecule has 0 saturated heterocycles. The summed E-state index contributed by atoms with van der Waals surface area (Å²) in [7, 11) is 3.12. The highest BCUT2D eigenvalue weighted by Crippen LogP contribution is 2.23. The third-order valence-corrected chi connectivity index (χ3v) is 3.31. The van der Waals surface area contributed by atoms with Gasteiger partial charge in [0.15, 0.2) is 0 Å². The van der Waals surface area contributed by atoms with E-state index in [1.54, 1.807) is 18.0 Å². The van der Waals surface area contributed by atoms with Crippen LogP contribution in [0.25, 0.3) is 0 Å². The summed E-state index contributed by atoms with van der Waals surface area (Å²) in [5, 5.41) is 11.7. The lowest BCUT2D eigenvalue weighted by molar-refractivity contribution is 0.0693. The van der Waals surface area contributed by atoms with E-state index < -0.39 is 5.97 Å². The molecule has 0 heterocycles. The average Bonchev–Trinajstić information content (AvgIpc) is 2.46. The van der Waals surface area contributed by atoms with Crippen LogP contribution in [0.5, 0.6) is 5.75 Å². The molecule has 6 nitrogen and oxygen atoms in total. The zero-order chi connectivity index (χ0) is 16.0. The number of carboxylic acid groups (broad SMARTS) is 1. The van der Waals surface area contributed by atoms with Crippen LogP contribution in [0.15, 0.2) is 18.2 Å². The SMILES string of the molecule is CCC(C)CN(C)C(=O)Nc1ccc(C(=O)O)c(OC)c1. The van der Waals surface area contributed by atoms with Crippen LogP contribution >= 0.6 is 0 Å². The molecule has 0 bridgehead atoms. The van der Waals surface area contributed by atoms with Gasteiger partial charge in [-0.25, -0.2) is 9.59 Å². The number of carbonyl (C=O) groups excluding carboxylic acids is 1. The minimum absolute atomic E-state index is 0.0588. The minimum Gasteiger partial charge on any atom is -0.496 e. The molecule has 0 aliphatic rings. The van der Waals surface area contributed by atoms with Crippen molar-refractivity contribution in [3.63, 3.8) is 0 Å². The van der Waals surface area contributed by atoms with Crippen molar-refractivity contribution in [1.82, 2.24) is 4.90 Å². The summed E-state index contributed by atoms with van der Waals surface area (Å²) in [6.45, 7) is 4.81. The van der Waals surface area contributed by atoms with E-state index in [2.05, 4.69) is 19.2 Å². The summed E-state index contributed by atoms with van der Waals surface area (Å²) in [5.41, 5.74) is 0.557. The first-order valence-corrected chi connectivity index (χ1v) is 6.82. The number of amides is 2. The van der Waals surface area contributed by atoms with E-state index in [0.29, 0.717) is 18.2 Å². The summed E-state index contributed by atoms with van der Waals surface area (Å²) in [6.07, 6.45) is 0.999. The molecule has 1 aromatic rings. The zero-order valence-corrected chi connectivity index (χ0v) is 12.8. The lowest BCUT2D eigenvalue weighted by atomic mass is 10.1. The van der Waals surface area contributed by atoms with Crippen molar-refractivity contribution in [1.29, 1.82) is 0 Å². The highest BCUT2D eigenvalue weighted by molar-refractivity contribution is 5.94. The lowest BCUT2D eigenvalue weighted by Crippen LogP contribution is -2.34. The monoisotopic (exact) mass is 294 g/mol. The summed E-state index contributed by atoms with van der Waals surface area (Å²) >= 11 is 0. The van der Waals surface area contributed by atoms with E-state index in [-0.39, 0.29) is 17.3 Å². The van der Waals surface area contributed by atoms with Gasteiger partial charge in [0, 0.05) is 25.3 Å². The third-order valence-electron chi connectivity index (χ3n) is 3.31. The Balaban J connectivity index is 2.79. The minimum atomic E-state index is -1.07. The number of hydrogen-bond acceptors (Lipinski definition) is 3. The molecule has 0 aliphatic carbocycles. The summed E-state index contributed by atoms with van der Waals surface area (Å²) in [4.78, 5) is 24.6. The number of carboxylic acids is 1. The molecule has 0 radical (unpaired) electrons. The molecule has 116 valence electrons. The van der Waals surface area contributed by atoms with Gasteiger partial charge < -0.3 is 20.1 Å². The number of anilines is 1. The number of aromatic carboxylic acids is 1. The van der Waals surface area contributed by atoms with Gasteiger partial charge in [0.05, 0.1) is 7.11 Å². The van der Waals surface area contributed by atoms with E-state index in [0.717, 1.165) is 6.42 Å². The van der Waals surface area contributed by atoms with Crippen LogP contribution in [0.2, 0.25) is 0 Å². The van der Waals surface area contributed by atoms with Gasteiger partial charge in [-0.2, -0.15) is 0 Å². The van der Waals surface area contributed by atoms with Crippen molar-refractivity contribution < 1.29 is 19.4 Å². The fourth-order valence-corrected chi connectivity index (χ4v) is 1.84. The van der Waals surface area contributed by atoms with Gasteiger partial charge in [0.2, 0.25) is 0 Å². The fourth-order valence-electron chi connectivity index (χ4n) is 1.84. The predicted molar refractivity (Wildman–Crippen MR) is 81.1 cm³/mol. The molecule has 1 unspecified atom stereocenters. The molecule has 6 heteroatoms. The molecule has 0 saturated carbocycles. The summed E-state index contributed by atoms with van der Waals surface area (Å²) in [5.74, 6) is -0.437. The highest BCUT2D eigenvalue weighted by Gasteiger charge is 2.14. The lowest BCUT2D eigenvalue weighted by Gasteiger charge is -2.21.